The van der Waals surface area contributed by atoms with E-state index in [1.165, 1.54) is 35.4 Å². The minimum Gasteiger partial charge on any atom is -0.486 e. The maximum absolute atomic E-state index is 12.7. The summed E-state index contributed by atoms with van der Waals surface area (Å²) in [5, 5.41) is 3.77. The molecule has 0 aliphatic carbocycles. The SMILES string of the molecule is Cc1ccc(OCc2nc(C)c(C(=O)Nc3ccc(N4CCCC4)cc3)s2)cc1. The van der Waals surface area contributed by atoms with Gasteiger partial charge < -0.3 is 15.0 Å². The van der Waals surface area contributed by atoms with Crippen LogP contribution in [-0.2, 0) is 6.61 Å². The molecule has 6 heteroatoms. The van der Waals surface area contributed by atoms with E-state index in [2.05, 4.69) is 27.3 Å². The van der Waals surface area contributed by atoms with E-state index in [9.17, 15) is 4.79 Å². The molecule has 0 bridgehead atoms. The van der Waals surface area contributed by atoms with E-state index in [1.807, 2.05) is 50.2 Å². The zero-order valence-corrected chi connectivity index (χ0v) is 17.6. The van der Waals surface area contributed by atoms with Crippen LogP contribution in [0.15, 0.2) is 48.5 Å². The molecule has 1 aliphatic heterocycles. The van der Waals surface area contributed by atoms with Gasteiger partial charge in [0.15, 0.2) is 0 Å². The molecule has 0 atom stereocenters. The lowest BCUT2D eigenvalue weighted by Crippen LogP contribution is -2.17. The summed E-state index contributed by atoms with van der Waals surface area (Å²) < 4.78 is 5.79. The molecular weight excluding hydrogens is 382 g/mol. The molecular formula is C23H25N3O2S. The lowest BCUT2D eigenvalue weighted by molar-refractivity contribution is 0.103. The van der Waals surface area contributed by atoms with Crippen LogP contribution in [0, 0.1) is 13.8 Å². The van der Waals surface area contributed by atoms with Gasteiger partial charge in [-0.3, -0.25) is 4.79 Å². The average Bonchev–Trinajstić information content (AvgIpc) is 3.38. The Bertz CT molecular complexity index is 974. The van der Waals surface area contributed by atoms with Gasteiger partial charge in [-0.25, -0.2) is 4.98 Å². The second-order valence-electron chi connectivity index (χ2n) is 7.32. The van der Waals surface area contributed by atoms with Gasteiger partial charge in [0.25, 0.3) is 5.91 Å². The Morgan fingerprint density at radius 3 is 2.45 bits per heavy atom. The highest BCUT2D eigenvalue weighted by Gasteiger charge is 2.17. The summed E-state index contributed by atoms with van der Waals surface area (Å²) in [4.78, 5) is 20.2. The van der Waals surface area contributed by atoms with Gasteiger partial charge in [-0.15, -0.1) is 11.3 Å². The normalized spacial score (nSPS) is 13.5. The molecule has 3 aromatic rings. The molecule has 1 aliphatic rings. The number of thiazole rings is 1. The number of carbonyl (C=O) groups excluding carboxylic acids is 1. The van der Waals surface area contributed by atoms with Gasteiger partial charge in [0.05, 0.1) is 5.69 Å². The molecule has 0 radical (unpaired) electrons. The monoisotopic (exact) mass is 407 g/mol. The van der Waals surface area contributed by atoms with Crippen LogP contribution in [0.2, 0.25) is 0 Å². The summed E-state index contributed by atoms with van der Waals surface area (Å²) in [6, 6.07) is 16.0. The van der Waals surface area contributed by atoms with Crippen LogP contribution in [-0.4, -0.2) is 24.0 Å². The predicted molar refractivity (Wildman–Crippen MR) is 118 cm³/mol. The molecule has 1 aromatic heterocycles. The first kappa shape index (κ1) is 19.5. The van der Waals surface area contributed by atoms with Gasteiger partial charge in [-0.1, -0.05) is 17.7 Å². The van der Waals surface area contributed by atoms with Crippen molar-refractivity contribution in [2.75, 3.05) is 23.3 Å². The van der Waals surface area contributed by atoms with Crippen molar-refractivity contribution in [2.24, 2.45) is 0 Å². The Hall–Kier alpha value is -2.86. The molecule has 0 saturated carbocycles. The van der Waals surface area contributed by atoms with Gasteiger partial charge in [-0.05, 0) is 63.1 Å². The number of nitrogens with zero attached hydrogens (tertiary/aromatic N) is 2. The number of aryl methyl sites for hydroxylation is 2. The van der Waals surface area contributed by atoms with Crippen LogP contribution in [0.1, 0.15) is 38.8 Å². The first-order valence-electron chi connectivity index (χ1n) is 9.90. The number of aromatic nitrogens is 1. The van der Waals surface area contributed by atoms with E-state index >= 15 is 0 Å². The Kier molecular flexibility index (Phi) is 5.81. The highest BCUT2D eigenvalue weighted by molar-refractivity contribution is 7.13. The maximum atomic E-state index is 12.7. The Labute approximate surface area is 175 Å². The first-order valence-corrected chi connectivity index (χ1v) is 10.7. The summed E-state index contributed by atoms with van der Waals surface area (Å²) in [7, 11) is 0. The van der Waals surface area contributed by atoms with Crippen molar-refractivity contribution in [3.05, 3.63) is 69.7 Å². The number of nitrogens with one attached hydrogen (secondary N) is 1. The Morgan fingerprint density at radius 2 is 1.76 bits per heavy atom. The van der Waals surface area contributed by atoms with Crippen molar-refractivity contribution in [3.8, 4) is 5.75 Å². The fourth-order valence-corrected chi connectivity index (χ4v) is 4.30. The van der Waals surface area contributed by atoms with Crippen LogP contribution >= 0.6 is 11.3 Å². The molecule has 29 heavy (non-hydrogen) atoms. The quantitative estimate of drug-likeness (QED) is 0.611. The smallest absolute Gasteiger partial charge is 0.267 e. The summed E-state index contributed by atoms with van der Waals surface area (Å²) in [6.07, 6.45) is 2.50. The van der Waals surface area contributed by atoms with Gasteiger partial charge in [-0.2, -0.15) is 0 Å². The third-order valence-electron chi connectivity index (χ3n) is 5.03. The second kappa shape index (κ2) is 8.66. The van der Waals surface area contributed by atoms with E-state index in [1.54, 1.807) is 0 Å². The van der Waals surface area contributed by atoms with Gasteiger partial charge in [0.1, 0.15) is 22.2 Å². The minimum atomic E-state index is -0.129. The van der Waals surface area contributed by atoms with Crippen LogP contribution < -0.4 is 15.0 Å². The molecule has 2 aromatic carbocycles. The number of carbonyl (C=O) groups is 1. The highest BCUT2D eigenvalue weighted by Crippen LogP contribution is 2.24. The Morgan fingerprint density at radius 1 is 1.07 bits per heavy atom. The van der Waals surface area contributed by atoms with Crippen LogP contribution in [0.4, 0.5) is 11.4 Å². The summed E-state index contributed by atoms with van der Waals surface area (Å²) in [5.74, 6) is 0.669. The fourth-order valence-electron chi connectivity index (χ4n) is 3.42. The van der Waals surface area contributed by atoms with E-state index in [0.717, 1.165) is 35.2 Å². The number of ether oxygens (including phenoxy) is 1. The predicted octanol–water partition coefficient (Wildman–Crippen LogP) is 5.19. The first-order chi connectivity index (χ1) is 14.1. The molecule has 4 rings (SSSR count). The van der Waals surface area contributed by atoms with E-state index < -0.39 is 0 Å². The van der Waals surface area contributed by atoms with Crippen molar-refractivity contribution in [2.45, 2.75) is 33.3 Å². The molecule has 150 valence electrons. The van der Waals surface area contributed by atoms with Gasteiger partial charge >= 0.3 is 0 Å². The molecule has 1 N–H and O–H groups in total. The van der Waals surface area contributed by atoms with Gasteiger partial charge in [0.2, 0.25) is 0 Å². The van der Waals surface area contributed by atoms with Crippen LogP contribution in [0.5, 0.6) is 5.75 Å². The third-order valence-corrected chi connectivity index (χ3v) is 6.16. The minimum absolute atomic E-state index is 0.129. The van der Waals surface area contributed by atoms with E-state index in [4.69, 9.17) is 4.74 Å². The van der Waals surface area contributed by atoms with Gasteiger partial charge in [0, 0.05) is 24.5 Å². The number of hydrogen-bond donors (Lipinski definition) is 1. The Balaban J connectivity index is 1.37. The maximum Gasteiger partial charge on any atom is 0.267 e. The van der Waals surface area contributed by atoms with Crippen molar-refractivity contribution in [1.29, 1.82) is 0 Å². The lowest BCUT2D eigenvalue weighted by Gasteiger charge is -2.17. The largest absolute Gasteiger partial charge is 0.486 e. The summed E-state index contributed by atoms with van der Waals surface area (Å²) in [6.45, 7) is 6.47. The van der Waals surface area contributed by atoms with Crippen LogP contribution in [0.25, 0.3) is 0 Å². The molecule has 0 unspecified atom stereocenters. The third kappa shape index (κ3) is 4.77. The number of anilines is 2. The number of amides is 1. The number of benzene rings is 2. The molecule has 1 fully saturated rings. The van der Waals surface area contributed by atoms with Crippen molar-refractivity contribution in [1.82, 2.24) is 4.98 Å². The molecule has 2 heterocycles. The summed E-state index contributed by atoms with van der Waals surface area (Å²) >= 11 is 1.38. The fraction of sp³-hybridized carbons (Fsp3) is 0.304. The standard InChI is InChI=1S/C23H25N3O2S/c1-16-5-11-20(12-6-16)28-15-21-24-17(2)22(29-21)23(27)25-18-7-9-19(10-8-18)26-13-3-4-14-26/h5-12H,3-4,13-15H2,1-2H3,(H,25,27). The topological polar surface area (TPSA) is 54.5 Å². The average molecular weight is 408 g/mol. The molecule has 0 spiro atoms. The highest BCUT2D eigenvalue weighted by atomic mass is 32.1. The van der Waals surface area contributed by atoms with Crippen molar-refractivity contribution in [3.63, 3.8) is 0 Å². The van der Waals surface area contributed by atoms with E-state index in [-0.39, 0.29) is 5.91 Å². The molecule has 1 amide bonds. The zero-order chi connectivity index (χ0) is 20.2. The molecule has 1 saturated heterocycles. The molecule has 5 nitrogen and oxygen atoms in total. The number of hydrogen-bond acceptors (Lipinski definition) is 5. The van der Waals surface area contributed by atoms with Crippen molar-refractivity contribution < 1.29 is 9.53 Å². The van der Waals surface area contributed by atoms with Crippen LogP contribution in [0.3, 0.4) is 0 Å². The summed E-state index contributed by atoms with van der Waals surface area (Å²) in [5.41, 5.74) is 3.92. The second-order valence-corrected chi connectivity index (χ2v) is 8.40. The lowest BCUT2D eigenvalue weighted by atomic mass is 10.2. The van der Waals surface area contributed by atoms with Crippen molar-refractivity contribution >= 4 is 28.6 Å². The number of rotatable bonds is 6. The van der Waals surface area contributed by atoms with E-state index in [0.29, 0.717) is 11.5 Å². The zero-order valence-electron chi connectivity index (χ0n) is 16.8.